The molecule has 8 heteroatoms. The predicted molar refractivity (Wildman–Crippen MR) is 141 cm³/mol. The van der Waals surface area contributed by atoms with Crippen molar-refractivity contribution < 1.29 is 13.9 Å². The highest BCUT2D eigenvalue weighted by Gasteiger charge is 2.53. The van der Waals surface area contributed by atoms with Gasteiger partial charge in [-0.25, -0.2) is 9.37 Å². The number of aromatic nitrogens is 3. The summed E-state index contributed by atoms with van der Waals surface area (Å²) in [6.07, 6.45) is 6.77. The number of carbonyl (C=O) groups excluding carboxylic acids is 1. The Kier molecular flexibility index (Phi) is 6.07. The molecule has 7 nitrogen and oxygen atoms in total. The number of piperidine rings is 1. The second-order valence-electron chi connectivity index (χ2n) is 11.6. The van der Waals surface area contributed by atoms with Crippen molar-refractivity contribution in [1.82, 2.24) is 19.7 Å². The van der Waals surface area contributed by atoms with Gasteiger partial charge in [-0.2, -0.15) is 5.10 Å². The third-order valence-electron chi connectivity index (χ3n) is 9.14. The Balaban J connectivity index is 1.16. The van der Waals surface area contributed by atoms with E-state index in [1.165, 1.54) is 11.1 Å². The zero-order chi connectivity index (χ0) is 25.9. The molecule has 4 heterocycles. The van der Waals surface area contributed by atoms with Crippen molar-refractivity contribution in [2.45, 2.75) is 57.2 Å². The van der Waals surface area contributed by atoms with Crippen LogP contribution in [-0.4, -0.2) is 63.6 Å². The maximum Gasteiger partial charge on any atom is 0.229 e. The third-order valence-corrected chi connectivity index (χ3v) is 9.14. The number of halogens is 1. The normalized spacial score (nSPS) is 30.6. The molecule has 6 rings (SSSR count). The van der Waals surface area contributed by atoms with Gasteiger partial charge in [0.25, 0.3) is 0 Å². The number of hydrogen-bond donors (Lipinski definition) is 1. The van der Waals surface area contributed by atoms with Gasteiger partial charge in [-0.3, -0.25) is 14.4 Å². The van der Waals surface area contributed by atoms with Crippen LogP contribution in [0.3, 0.4) is 0 Å². The molecule has 2 aliphatic heterocycles. The van der Waals surface area contributed by atoms with Gasteiger partial charge in [-0.15, -0.1) is 0 Å². The van der Waals surface area contributed by atoms with Gasteiger partial charge in [0.15, 0.2) is 0 Å². The molecule has 0 spiro atoms. The molecule has 5 atom stereocenters. The SMILES string of the molecule is Cc1cc2cnc(NC(=O)[C@H]3[C@H](C)[C@@H]3c3cnn(C)c3)cc2cc1C1CCN([C@]2(C)COC[C@@H]2F)CC1. The number of rotatable bonds is 5. The van der Waals surface area contributed by atoms with Crippen LogP contribution in [0.5, 0.6) is 0 Å². The van der Waals surface area contributed by atoms with Crippen LogP contribution in [0.15, 0.2) is 36.8 Å². The molecular formula is C29H36FN5O2. The van der Waals surface area contributed by atoms with Gasteiger partial charge in [0, 0.05) is 36.7 Å². The Morgan fingerprint density at radius 2 is 1.97 bits per heavy atom. The quantitative estimate of drug-likeness (QED) is 0.550. The van der Waals surface area contributed by atoms with Gasteiger partial charge < -0.3 is 10.1 Å². The van der Waals surface area contributed by atoms with E-state index in [-0.39, 0.29) is 30.3 Å². The summed E-state index contributed by atoms with van der Waals surface area (Å²) in [5, 5.41) is 9.47. The lowest BCUT2D eigenvalue weighted by Crippen LogP contribution is -2.55. The van der Waals surface area contributed by atoms with Crippen LogP contribution in [0.2, 0.25) is 0 Å². The van der Waals surface area contributed by atoms with Gasteiger partial charge in [-0.05, 0) is 85.8 Å². The number of benzene rings is 1. The summed E-state index contributed by atoms with van der Waals surface area (Å²) < 4.78 is 21.7. The third kappa shape index (κ3) is 4.34. The number of alkyl halides is 1. The first-order chi connectivity index (χ1) is 17.7. The van der Waals surface area contributed by atoms with Crippen LogP contribution < -0.4 is 5.32 Å². The number of nitrogens with one attached hydrogen (secondary N) is 1. The number of likely N-dealkylation sites (tertiary alicyclic amines) is 1. The van der Waals surface area contributed by atoms with E-state index in [0.717, 1.165) is 42.3 Å². The van der Waals surface area contributed by atoms with E-state index in [1.54, 1.807) is 4.68 Å². The lowest BCUT2D eigenvalue weighted by atomic mass is 9.83. The minimum atomic E-state index is -0.925. The van der Waals surface area contributed by atoms with Crippen LogP contribution in [-0.2, 0) is 16.6 Å². The minimum absolute atomic E-state index is 0.0171. The number of anilines is 1. The van der Waals surface area contributed by atoms with E-state index in [4.69, 9.17) is 4.74 Å². The van der Waals surface area contributed by atoms with E-state index in [0.29, 0.717) is 18.3 Å². The molecule has 0 unspecified atom stereocenters. The van der Waals surface area contributed by atoms with Gasteiger partial charge in [0.05, 0.1) is 24.9 Å². The molecule has 0 radical (unpaired) electrons. The lowest BCUT2D eigenvalue weighted by molar-refractivity contribution is -0.117. The summed E-state index contributed by atoms with van der Waals surface area (Å²) in [7, 11) is 1.90. The average Bonchev–Trinajstić information content (AvgIpc) is 3.15. The number of fused-ring (bicyclic) bond motifs is 1. The minimum Gasteiger partial charge on any atom is -0.376 e. The van der Waals surface area contributed by atoms with Crippen LogP contribution in [0.25, 0.3) is 10.8 Å². The number of aryl methyl sites for hydroxylation is 2. The summed E-state index contributed by atoms with van der Waals surface area (Å²) in [6, 6.07) is 6.45. The fourth-order valence-electron chi connectivity index (χ4n) is 6.66. The van der Waals surface area contributed by atoms with Crippen LogP contribution in [0, 0.1) is 18.8 Å². The fraction of sp³-hybridized carbons (Fsp3) is 0.552. The molecule has 1 amide bonds. The highest BCUT2D eigenvalue weighted by molar-refractivity contribution is 5.96. The summed E-state index contributed by atoms with van der Waals surface area (Å²) in [5.74, 6) is 1.48. The molecule has 1 aliphatic carbocycles. The van der Waals surface area contributed by atoms with Crippen molar-refractivity contribution in [3.8, 4) is 0 Å². The Labute approximate surface area is 217 Å². The maximum absolute atomic E-state index is 14.5. The molecule has 196 valence electrons. The Bertz CT molecular complexity index is 1330. The second-order valence-corrected chi connectivity index (χ2v) is 11.6. The Morgan fingerprint density at radius 3 is 2.65 bits per heavy atom. The molecule has 1 N–H and O–H groups in total. The average molecular weight is 506 g/mol. The van der Waals surface area contributed by atoms with Crippen LogP contribution in [0.1, 0.15) is 55.2 Å². The number of hydrogen-bond acceptors (Lipinski definition) is 5. The van der Waals surface area contributed by atoms with Crippen molar-refractivity contribution in [3.05, 3.63) is 53.5 Å². The molecule has 3 fully saturated rings. The van der Waals surface area contributed by atoms with Crippen LogP contribution >= 0.6 is 0 Å². The molecule has 0 bridgehead atoms. The topological polar surface area (TPSA) is 72.3 Å². The van der Waals surface area contributed by atoms with Crippen LogP contribution in [0.4, 0.5) is 10.2 Å². The Hall–Kier alpha value is -2.84. The van der Waals surface area contributed by atoms with Gasteiger partial charge in [0.1, 0.15) is 12.0 Å². The van der Waals surface area contributed by atoms with E-state index in [9.17, 15) is 9.18 Å². The van der Waals surface area contributed by atoms with Gasteiger partial charge in [0.2, 0.25) is 5.91 Å². The van der Waals surface area contributed by atoms with E-state index >= 15 is 0 Å². The van der Waals surface area contributed by atoms with Crippen molar-refractivity contribution in [2.24, 2.45) is 18.9 Å². The van der Waals surface area contributed by atoms with E-state index in [1.807, 2.05) is 38.6 Å². The lowest BCUT2D eigenvalue weighted by Gasteiger charge is -2.43. The number of carbonyl (C=O) groups is 1. The zero-order valence-electron chi connectivity index (χ0n) is 22.1. The summed E-state index contributed by atoms with van der Waals surface area (Å²) >= 11 is 0. The molecule has 3 aromatic rings. The molecule has 2 aromatic heterocycles. The molecule has 1 saturated carbocycles. The fourth-order valence-corrected chi connectivity index (χ4v) is 6.66. The first-order valence-electron chi connectivity index (χ1n) is 13.4. The standard InChI is InChI=1S/C29H36FN5O2/c1-17-9-21-12-31-25(33-28(36)27-18(2)26(27)22-13-32-34(4)14-22)11-20(21)10-23(17)19-5-7-35(8-6-19)29(3)16-37-15-24(29)30/h9-14,18-19,24,26-27H,5-8,15-16H2,1-4H3,(H,31,33,36)/t18-,24+,26-,27+,29-/m1/s1. The molecule has 3 aliphatic rings. The van der Waals surface area contributed by atoms with Crippen molar-refractivity contribution in [3.63, 3.8) is 0 Å². The monoisotopic (exact) mass is 505 g/mol. The van der Waals surface area contributed by atoms with Gasteiger partial charge in [-0.1, -0.05) is 13.0 Å². The predicted octanol–water partition coefficient (Wildman–Crippen LogP) is 4.57. The number of amides is 1. The maximum atomic E-state index is 14.5. The number of ether oxygens (including phenoxy) is 1. The largest absolute Gasteiger partial charge is 0.376 e. The molecule has 2 saturated heterocycles. The highest BCUT2D eigenvalue weighted by Crippen LogP contribution is 2.54. The first-order valence-corrected chi connectivity index (χ1v) is 13.4. The van der Waals surface area contributed by atoms with Crippen molar-refractivity contribution in [2.75, 3.05) is 31.6 Å². The van der Waals surface area contributed by atoms with E-state index in [2.05, 4.69) is 46.3 Å². The second kappa shape index (κ2) is 9.17. The smallest absolute Gasteiger partial charge is 0.229 e. The van der Waals surface area contributed by atoms with Crippen molar-refractivity contribution in [1.29, 1.82) is 0 Å². The van der Waals surface area contributed by atoms with Crippen molar-refractivity contribution >= 4 is 22.5 Å². The van der Waals surface area contributed by atoms with Gasteiger partial charge >= 0.3 is 0 Å². The summed E-state index contributed by atoms with van der Waals surface area (Å²) in [6.45, 7) is 8.69. The summed E-state index contributed by atoms with van der Waals surface area (Å²) in [4.78, 5) is 19.9. The Morgan fingerprint density at radius 1 is 1.19 bits per heavy atom. The zero-order valence-corrected chi connectivity index (χ0v) is 22.1. The molecule has 1 aromatic carbocycles. The first kappa shape index (κ1) is 24.5. The van der Waals surface area contributed by atoms with E-state index < -0.39 is 11.7 Å². The molecular weight excluding hydrogens is 469 g/mol. The number of nitrogens with zero attached hydrogens (tertiary/aromatic N) is 4. The summed E-state index contributed by atoms with van der Waals surface area (Å²) in [5.41, 5.74) is 3.21. The number of pyridine rings is 1. The molecule has 37 heavy (non-hydrogen) atoms. The highest BCUT2D eigenvalue weighted by atomic mass is 19.1.